The normalized spacial score (nSPS) is 18.9. The minimum absolute atomic E-state index is 0.241. The van der Waals surface area contributed by atoms with Crippen LogP contribution in [-0.4, -0.2) is 9.97 Å². The maximum Gasteiger partial charge on any atom is 0.113 e. The largest absolute Gasteiger partial charge is 0.342 e. The number of aromatic amines is 1. The number of benzene rings is 1. The first-order valence-corrected chi connectivity index (χ1v) is 6.41. The lowest BCUT2D eigenvalue weighted by Crippen LogP contribution is -2.18. The van der Waals surface area contributed by atoms with Crippen LogP contribution in [0.1, 0.15) is 44.0 Å². The molecular formula is C14H19N3. The zero-order valence-electron chi connectivity index (χ0n) is 10.3. The van der Waals surface area contributed by atoms with E-state index in [4.69, 9.17) is 10.7 Å². The van der Waals surface area contributed by atoms with Gasteiger partial charge in [-0.05, 0) is 24.5 Å². The Morgan fingerprint density at radius 1 is 1.35 bits per heavy atom. The molecule has 1 saturated carbocycles. The topological polar surface area (TPSA) is 54.7 Å². The Kier molecular flexibility index (Phi) is 2.44. The van der Waals surface area contributed by atoms with Crippen LogP contribution in [-0.2, 0) is 12.0 Å². The molecule has 1 fully saturated rings. The summed E-state index contributed by atoms with van der Waals surface area (Å²) in [5.41, 5.74) is 9.30. The van der Waals surface area contributed by atoms with Gasteiger partial charge in [-0.1, -0.05) is 31.9 Å². The third-order valence-corrected chi connectivity index (χ3v) is 4.09. The molecule has 3 rings (SSSR count). The van der Waals surface area contributed by atoms with E-state index in [-0.39, 0.29) is 5.41 Å². The average molecular weight is 229 g/mol. The monoisotopic (exact) mass is 229 g/mol. The number of nitrogens with one attached hydrogen (secondary N) is 1. The van der Waals surface area contributed by atoms with Crippen molar-refractivity contribution in [3.8, 4) is 0 Å². The Hall–Kier alpha value is -1.35. The van der Waals surface area contributed by atoms with E-state index in [9.17, 15) is 0 Å². The quantitative estimate of drug-likeness (QED) is 0.832. The van der Waals surface area contributed by atoms with E-state index in [0.29, 0.717) is 6.54 Å². The summed E-state index contributed by atoms with van der Waals surface area (Å²) in [6, 6.07) is 6.19. The molecule has 0 bridgehead atoms. The van der Waals surface area contributed by atoms with Crippen LogP contribution in [0.4, 0.5) is 0 Å². The van der Waals surface area contributed by atoms with Crippen LogP contribution in [0.2, 0.25) is 0 Å². The molecule has 3 nitrogen and oxygen atoms in total. The number of nitrogens with zero attached hydrogens (tertiary/aromatic N) is 1. The lowest BCUT2D eigenvalue weighted by Gasteiger charge is -2.19. The van der Waals surface area contributed by atoms with Crippen molar-refractivity contribution in [1.29, 1.82) is 0 Å². The lowest BCUT2D eigenvalue weighted by molar-refractivity contribution is 0.465. The number of H-pyrrole nitrogens is 1. The summed E-state index contributed by atoms with van der Waals surface area (Å²) in [7, 11) is 0. The molecule has 0 spiro atoms. The van der Waals surface area contributed by atoms with E-state index in [0.717, 1.165) is 22.4 Å². The summed E-state index contributed by atoms with van der Waals surface area (Å²) in [5, 5.41) is 0. The zero-order valence-corrected chi connectivity index (χ0v) is 10.3. The first kappa shape index (κ1) is 10.8. The first-order valence-electron chi connectivity index (χ1n) is 6.41. The molecular weight excluding hydrogens is 210 g/mol. The third kappa shape index (κ3) is 1.65. The van der Waals surface area contributed by atoms with Gasteiger partial charge < -0.3 is 10.7 Å². The van der Waals surface area contributed by atoms with Crippen molar-refractivity contribution in [3.05, 3.63) is 29.6 Å². The van der Waals surface area contributed by atoms with E-state index in [2.05, 4.69) is 24.0 Å². The molecule has 2 aromatic rings. The van der Waals surface area contributed by atoms with Gasteiger partial charge in [0.15, 0.2) is 0 Å². The smallest absolute Gasteiger partial charge is 0.113 e. The zero-order chi connectivity index (χ0) is 11.9. The molecule has 1 aromatic heterocycles. The molecule has 0 radical (unpaired) electrons. The van der Waals surface area contributed by atoms with E-state index in [1.54, 1.807) is 0 Å². The van der Waals surface area contributed by atoms with Crippen molar-refractivity contribution in [2.45, 2.75) is 44.6 Å². The van der Waals surface area contributed by atoms with Gasteiger partial charge in [0, 0.05) is 12.0 Å². The molecule has 1 aromatic carbocycles. The highest BCUT2D eigenvalue weighted by molar-refractivity contribution is 5.79. The number of fused-ring (bicyclic) bond motifs is 1. The molecule has 0 amide bonds. The fourth-order valence-corrected chi connectivity index (χ4v) is 2.93. The second kappa shape index (κ2) is 3.84. The molecule has 0 atom stereocenters. The molecule has 0 unspecified atom stereocenters. The Balaban J connectivity index is 2.13. The Morgan fingerprint density at radius 3 is 2.82 bits per heavy atom. The van der Waals surface area contributed by atoms with Gasteiger partial charge in [-0.3, -0.25) is 0 Å². The molecule has 17 heavy (non-hydrogen) atoms. The summed E-state index contributed by atoms with van der Waals surface area (Å²) in [4.78, 5) is 8.29. The Labute approximate surface area is 101 Å². The fraction of sp³-hybridized carbons (Fsp3) is 0.500. The van der Waals surface area contributed by atoms with E-state index in [1.165, 1.54) is 25.7 Å². The van der Waals surface area contributed by atoms with Crippen LogP contribution in [0.3, 0.4) is 0 Å². The van der Waals surface area contributed by atoms with Crippen molar-refractivity contribution in [2.24, 2.45) is 5.73 Å². The van der Waals surface area contributed by atoms with Gasteiger partial charge in [-0.2, -0.15) is 0 Å². The predicted molar refractivity (Wildman–Crippen MR) is 69.8 cm³/mol. The highest BCUT2D eigenvalue weighted by Crippen LogP contribution is 2.39. The van der Waals surface area contributed by atoms with Gasteiger partial charge in [0.2, 0.25) is 0 Å². The predicted octanol–water partition coefficient (Wildman–Crippen LogP) is 2.85. The van der Waals surface area contributed by atoms with E-state index < -0.39 is 0 Å². The molecule has 3 N–H and O–H groups in total. The number of imidazole rings is 1. The summed E-state index contributed by atoms with van der Waals surface area (Å²) >= 11 is 0. The van der Waals surface area contributed by atoms with Crippen molar-refractivity contribution in [1.82, 2.24) is 9.97 Å². The maximum absolute atomic E-state index is 5.76. The van der Waals surface area contributed by atoms with Gasteiger partial charge >= 0.3 is 0 Å². The van der Waals surface area contributed by atoms with Gasteiger partial charge in [-0.15, -0.1) is 0 Å². The number of hydrogen-bond acceptors (Lipinski definition) is 2. The SMILES string of the molecule is CC1(c2nc3c(CN)cccc3[nH]2)CCCC1. The number of hydrogen-bond donors (Lipinski definition) is 2. The number of aromatic nitrogens is 2. The number of para-hydroxylation sites is 1. The van der Waals surface area contributed by atoms with Gasteiger partial charge in [0.05, 0.1) is 11.0 Å². The summed E-state index contributed by atoms with van der Waals surface area (Å²) < 4.78 is 0. The summed E-state index contributed by atoms with van der Waals surface area (Å²) in [6.07, 6.45) is 5.12. The van der Waals surface area contributed by atoms with Crippen LogP contribution >= 0.6 is 0 Å². The standard InChI is InChI=1S/C14H19N3/c1-14(7-2-3-8-14)13-16-11-6-4-5-10(9-15)12(11)17-13/h4-6H,2-3,7-9,15H2,1H3,(H,16,17). The molecule has 0 saturated heterocycles. The first-order chi connectivity index (χ1) is 8.23. The summed E-state index contributed by atoms with van der Waals surface area (Å²) in [5.74, 6) is 1.14. The highest BCUT2D eigenvalue weighted by atomic mass is 14.9. The van der Waals surface area contributed by atoms with Gasteiger partial charge in [0.1, 0.15) is 5.82 Å². The lowest BCUT2D eigenvalue weighted by atomic mass is 9.88. The van der Waals surface area contributed by atoms with Crippen LogP contribution in [0.5, 0.6) is 0 Å². The highest BCUT2D eigenvalue weighted by Gasteiger charge is 2.33. The maximum atomic E-state index is 5.76. The number of rotatable bonds is 2. The van der Waals surface area contributed by atoms with Crippen LogP contribution in [0, 0.1) is 0 Å². The van der Waals surface area contributed by atoms with Crippen LogP contribution in [0.15, 0.2) is 18.2 Å². The van der Waals surface area contributed by atoms with E-state index in [1.807, 2.05) is 6.07 Å². The van der Waals surface area contributed by atoms with Crippen molar-refractivity contribution < 1.29 is 0 Å². The molecule has 0 aliphatic heterocycles. The molecule has 3 heteroatoms. The average Bonchev–Trinajstić information content (AvgIpc) is 2.95. The summed E-state index contributed by atoms with van der Waals surface area (Å²) in [6.45, 7) is 2.87. The van der Waals surface area contributed by atoms with Crippen LogP contribution < -0.4 is 5.73 Å². The second-order valence-corrected chi connectivity index (χ2v) is 5.37. The Bertz CT molecular complexity index is 535. The minimum atomic E-state index is 0.241. The van der Waals surface area contributed by atoms with Gasteiger partial charge in [0.25, 0.3) is 0 Å². The van der Waals surface area contributed by atoms with Crippen molar-refractivity contribution >= 4 is 11.0 Å². The molecule has 1 heterocycles. The fourth-order valence-electron chi connectivity index (χ4n) is 2.93. The minimum Gasteiger partial charge on any atom is -0.342 e. The van der Waals surface area contributed by atoms with E-state index >= 15 is 0 Å². The molecule has 1 aliphatic carbocycles. The number of nitrogens with two attached hydrogens (primary N) is 1. The van der Waals surface area contributed by atoms with Crippen molar-refractivity contribution in [3.63, 3.8) is 0 Å². The van der Waals surface area contributed by atoms with Gasteiger partial charge in [-0.25, -0.2) is 4.98 Å². The molecule has 90 valence electrons. The van der Waals surface area contributed by atoms with Crippen LogP contribution in [0.25, 0.3) is 11.0 Å². The van der Waals surface area contributed by atoms with Crippen molar-refractivity contribution in [2.75, 3.05) is 0 Å². The second-order valence-electron chi connectivity index (χ2n) is 5.37. The third-order valence-electron chi connectivity index (χ3n) is 4.09. The molecule has 1 aliphatic rings. The Morgan fingerprint density at radius 2 is 2.12 bits per heavy atom.